The summed E-state index contributed by atoms with van der Waals surface area (Å²) in [5.41, 5.74) is 4.29. The molecule has 2 aromatic carbocycles. The maximum Gasteiger partial charge on any atom is 0.147 e. The Kier molecular flexibility index (Phi) is 5.15. The fourth-order valence-electron chi connectivity index (χ4n) is 4.05. The van der Waals surface area contributed by atoms with E-state index in [2.05, 4.69) is 26.3 Å². The van der Waals surface area contributed by atoms with Crippen molar-refractivity contribution >= 4 is 27.6 Å². The average Bonchev–Trinajstić information content (AvgIpc) is 3.16. The molecule has 3 heterocycles. The number of pyridine rings is 1. The van der Waals surface area contributed by atoms with E-state index in [0.29, 0.717) is 30.2 Å². The fraction of sp³-hybridized carbons (Fsp3) is 0.160. The number of benzene rings is 2. The Labute approximate surface area is 184 Å². The van der Waals surface area contributed by atoms with Gasteiger partial charge in [0.2, 0.25) is 0 Å². The Balaban J connectivity index is 1.36. The second-order valence-corrected chi connectivity index (χ2v) is 7.58. The first-order chi connectivity index (χ1) is 15.6. The van der Waals surface area contributed by atoms with Gasteiger partial charge < -0.3 is 14.6 Å². The molecule has 0 aliphatic carbocycles. The zero-order valence-electron chi connectivity index (χ0n) is 17.8. The SMILES string of the molecule is COc1ccc(F)c2c1cc(C)n2CCNc1cc(-c2ccc3ncccc3c2)ncn1. The van der Waals surface area contributed by atoms with Crippen LogP contribution in [0.15, 0.2) is 67.1 Å². The van der Waals surface area contributed by atoms with Crippen molar-refractivity contribution < 1.29 is 9.13 Å². The van der Waals surface area contributed by atoms with Gasteiger partial charge in [0, 0.05) is 47.4 Å². The Morgan fingerprint density at radius 2 is 1.94 bits per heavy atom. The standard InChI is InChI=1S/C25H22FN5O/c1-16-12-19-23(32-2)8-6-20(26)25(19)31(16)11-10-28-24-14-22(29-15-30-24)18-5-7-21-17(13-18)4-3-9-27-21/h3-9,12-15H,10-11H2,1-2H3,(H,28,29,30). The predicted octanol–water partition coefficient (Wildman–Crippen LogP) is 5.21. The number of aryl methyl sites for hydroxylation is 1. The molecule has 6 nitrogen and oxygen atoms in total. The van der Waals surface area contributed by atoms with Crippen LogP contribution in [0.1, 0.15) is 5.69 Å². The van der Waals surface area contributed by atoms with Crippen molar-refractivity contribution in [2.24, 2.45) is 0 Å². The van der Waals surface area contributed by atoms with Crippen LogP contribution in [0.4, 0.5) is 10.2 Å². The minimum absolute atomic E-state index is 0.260. The van der Waals surface area contributed by atoms with Crippen molar-refractivity contribution in [3.63, 3.8) is 0 Å². The number of halogens is 1. The summed E-state index contributed by atoms with van der Waals surface area (Å²) in [6.45, 7) is 3.13. The van der Waals surface area contributed by atoms with E-state index in [1.807, 2.05) is 47.9 Å². The molecule has 1 N–H and O–H groups in total. The van der Waals surface area contributed by atoms with Crippen LogP contribution < -0.4 is 10.1 Å². The van der Waals surface area contributed by atoms with Crippen molar-refractivity contribution in [1.29, 1.82) is 0 Å². The molecule has 0 atom stereocenters. The minimum atomic E-state index is -0.260. The molecule has 0 bridgehead atoms. The number of anilines is 1. The summed E-state index contributed by atoms with van der Waals surface area (Å²) in [6, 6.07) is 17.0. The summed E-state index contributed by atoms with van der Waals surface area (Å²) in [5.74, 6) is 1.12. The largest absolute Gasteiger partial charge is 0.496 e. The number of methoxy groups -OCH3 is 1. The summed E-state index contributed by atoms with van der Waals surface area (Å²) < 4.78 is 21.9. The quantitative estimate of drug-likeness (QED) is 0.403. The van der Waals surface area contributed by atoms with Gasteiger partial charge in [0.1, 0.15) is 23.7 Å². The maximum atomic E-state index is 14.6. The minimum Gasteiger partial charge on any atom is -0.496 e. The molecule has 0 saturated carbocycles. The normalized spacial score (nSPS) is 11.2. The number of fused-ring (bicyclic) bond motifs is 2. The number of ether oxygens (including phenoxy) is 1. The van der Waals surface area contributed by atoms with E-state index in [-0.39, 0.29) is 5.82 Å². The van der Waals surface area contributed by atoms with Gasteiger partial charge >= 0.3 is 0 Å². The third-order valence-corrected chi connectivity index (χ3v) is 5.60. The first-order valence-electron chi connectivity index (χ1n) is 10.4. The zero-order chi connectivity index (χ0) is 22.1. The van der Waals surface area contributed by atoms with Gasteiger partial charge in [-0.25, -0.2) is 14.4 Å². The number of rotatable bonds is 6. The van der Waals surface area contributed by atoms with Crippen LogP contribution in [0.5, 0.6) is 5.75 Å². The van der Waals surface area contributed by atoms with E-state index in [4.69, 9.17) is 4.74 Å². The summed E-state index contributed by atoms with van der Waals surface area (Å²) in [6.07, 6.45) is 3.33. The number of nitrogens with one attached hydrogen (secondary N) is 1. The zero-order valence-corrected chi connectivity index (χ0v) is 17.8. The molecule has 5 aromatic rings. The Morgan fingerprint density at radius 1 is 1.03 bits per heavy atom. The summed E-state index contributed by atoms with van der Waals surface area (Å²) in [7, 11) is 1.60. The molecular weight excluding hydrogens is 405 g/mol. The van der Waals surface area contributed by atoms with Crippen LogP contribution >= 0.6 is 0 Å². The lowest BCUT2D eigenvalue weighted by molar-refractivity contribution is 0.419. The van der Waals surface area contributed by atoms with Crippen molar-refractivity contribution in [3.05, 3.63) is 78.6 Å². The molecule has 0 aliphatic heterocycles. The molecule has 0 spiro atoms. The molecule has 0 unspecified atom stereocenters. The highest BCUT2D eigenvalue weighted by molar-refractivity contribution is 5.88. The van der Waals surface area contributed by atoms with E-state index in [9.17, 15) is 4.39 Å². The van der Waals surface area contributed by atoms with Gasteiger partial charge in [-0.2, -0.15) is 0 Å². The third kappa shape index (κ3) is 3.62. The molecule has 160 valence electrons. The maximum absolute atomic E-state index is 14.6. The fourth-order valence-corrected chi connectivity index (χ4v) is 4.05. The van der Waals surface area contributed by atoms with Gasteiger partial charge in [0.15, 0.2) is 0 Å². The molecule has 32 heavy (non-hydrogen) atoms. The monoisotopic (exact) mass is 427 g/mol. The lowest BCUT2D eigenvalue weighted by Crippen LogP contribution is -2.13. The van der Waals surface area contributed by atoms with Gasteiger partial charge in [-0.1, -0.05) is 12.1 Å². The smallest absolute Gasteiger partial charge is 0.147 e. The van der Waals surface area contributed by atoms with E-state index in [1.165, 1.54) is 6.07 Å². The summed E-state index contributed by atoms with van der Waals surface area (Å²) in [4.78, 5) is 13.1. The molecule has 5 rings (SSSR count). The van der Waals surface area contributed by atoms with Crippen molar-refractivity contribution in [3.8, 4) is 17.0 Å². The molecule has 0 saturated heterocycles. The van der Waals surface area contributed by atoms with E-state index in [1.54, 1.807) is 25.7 Å². The van der Waals surface area contributed by atoms with Crippen molar-refractivity contribution in [2.45, 2.75) is 13.5 Å². The molecule has 0 fully saturated rings. The number of nitrogens with zero attached hydrogens (tertiary/aromatic N) is 4. The van der Waals surface area contributed by atoms with Crippen LogP contribution in [0.25, 0.3) is 33.1 Å². The molecular formula is C25H22FN5O. The second-order valence-electron chi connectivity index (χ2n) is 7.58. The average molecular weight is 427 g/mol. The lowest BCUT2D eigenvalue weighted by Gasteiger charge is -2.12. The van der Waals surface area contributed by atoms with Crippen LogP contribution in [-0.2, 0) is 6.54 Å². The highest BCUT2D eigenvalue weighted by Crippen LogP contribution is 2.31. The number of aromatic nitrogens is 4. The Hall–Kier alpha value is -4.00. The topological polar surface area (TPSA) is 64.9 Å². The molecule has 3 aromatic heterocycles. The van der Waals surface area contributed by atoms with Gasteiger partial charge in [-0.3, -0.25) is 4.98 Å². The number of hydrogen-bond acceptors (Lipinski definition) is 5. The predicted molar refractivity (Wildman–Crippen MR) is 124 cm³/mol. The highest BCUT2D eigenvalue weighted by Gasteiger charge is 2.14. The van der Waals surface area contributed by atoms with Crippen LogP contribution in [-0.4, -0.2) is 33.2 Å². The van der Waals surface area contributed by atoms with Gasteiger partial charge in [0.25, 0.3) is 0 Å². The third-order valence-electron chi connectivity index (χ3n) is 5.60. The second kappa shape index (κ2) is 8.26. The van der Waals surface area contributed by atoms with E-state index >= 15 is 0 Å². The van der Waals surface area contributed by atoms with Crippen LogP contribution in [0.2, 0.25) is 0 Å². The van der Waals surface area contributed by atoms with Crippen molar-refractivity contribution in [2.75, 3.05) is 19.0 Å². The van der Waals surface area contributed by atoms with Crippen LogP contribution in [0.3, 0.4) is 0 Å². The molecule has 7 heteroatoms. The molecule has 0 aliphatic rings. The van der Waals surface area contributed by atoms with E-state index in [0.717, 1.165) is 33.2 Å². The Bertz CT molecular complexity index is 1430. The molecule has 0 amide bonds. The summed E-state index contributed by atoms with van der Waals surface area (Å²) >= 11 is 0. The van der Waals surface area contributed by atoms with E-state index < -0.39 is 0 Å². The number of hydrogen-bond donors (Lipinski definition) is 1. The van der Waals surface area contributed by atoms with Crippen LogP contribution in [0, 0.1) is 12.7 Å². The van der Waals surface area contributed by atoms with Gasteiger partial charge in [-0.05, 0) is 43.3 Å². The summed E-state index contributed by atoms with van der Waals surface area (Å²) in [5, 5.41) is 5.17. The first-order valence-corrected chi connectivity index (χ1v) is 10.4. The Morgan fingerprint density at radius 3 is 2.81 bits per heavy atom. The van der Waals surface area contributed by atoms with Gasteiger partial charge in [-0.15, -0.1) is 0 Å². The lowest BCUT2D eigenvalue weighted by atomic mass is 10.1. The first kappa shape index (κ1) is 19.9. The van der Waals surface area contributed by atoms with Gasteiger partial charge in [0.05, 0.1) is 23.8 Å². The highest BCUT2D eigenvalue weighted by atomic mass is 19.1. The molecule has 0 radical (unpaired) electrons. The van der Waals surface area contributed by atoms with Crippen molar-refractivity contribution in [1.82, 2.24) is 19.5 Å².